The van der Waals surface area contributed by atoms with Crippen LogP contribution >= 0.6 is 0 Å². The Balaban J connectivity index is 1.02. The number of rotatable bonds is 26. The minimum absolute atomic E-state index is 1.10. The molecule has 0 atom stereocenters. The molecular formula is C70H76N2. The molecule has 2 nitrogen and oxygen atoms in total. The molecule has 9 rings (SSSR count). The summed E-state index contributed by atoms with van der Waals surface area (Å²) >= 11 is 0. The van der Waals surface area contributed by atoms with Crippen LogP contribution in [0.4, 0.5) is 22.7 Å². The van der Waals surface area contributed by atoms with E-state index in [-0.39, 0.29) is 0 Å². The van der Waals surface area contributed by atoms with E-state index in [0.29, 0.717) is 0 Å². The highest BCUT2D eigenvalue weighted by Gasteiger charge is 2.20. The highest BCUT2D eigenvalue weighted by molar-refractivity contribution is 6.22. The number of para-hydroxylation sites is 2. The lowest BCUT2D eigenvalue weighted by Crippen LogP contribution is -1.96. The molecule has 9 aromatic carbocycles. The van der Waals surface area contributed by atoms with Gasteiger partial charge in [0.1, 0.15) is 0 Å². The maximum Gasteiger partial charge on any atom is 0.0463 e. The SMILES string of the molecule is CCCCCCCCCCc1ccc(Nc2ccccc2-c2ccc3c(-c4ccccc4)c4cc(-c5ccccc5Nc5ccc(CCCCCCCCCC)cc5)ccc4c(-c4ccccc4)c3c2)cc1. The first-order valence-corrected chi connectivity index (χ1v) is 27.7. The molecule has 0 fully saturated rings. The maximum atomic E-state index is 3.82. The average molecular weight is 945 g/mol. The van der Waals surface area contributed by atoms with E-state index in [4.69, 9.17) is 0 Å². The molecule has 366 valence electrons. The van der Waals surface area contributed by atoms with Gasteiger partial charge in [-0.3, -0.25) is 0 Å². The second-order valence-corrected chi connectivity index (χ2v) is 20.2. The van der Waals surface area contributed by atoms with Crippen LogP contribution in [0.3, 0.4) is 0 Å². The van der Waals surface area contributed by atoms with Gasteiger partial charge in [0.05, 0.1) is 0 Å². The van der Waals surface area contributed by atoms with Crippen molar-refractivity contribution >= 4 is 44.3 Å². The Morgan fingerprint density at radius 2 is 0.625 bits per heavy atom. The number of benzene rings is 9. The summed E-state index contributed by atoms with van der Waals surface area (Å²) in [6.07, 6.45) is 23.9. The summed E-state index contributed by atoms with van der Waals surface area (Å²) in [5.74, 6) is 0. The van der Waals surface area contributed by atoms with Crippen molar-refractivity contribution in [2.75, 3.05) is 10.6 Å². The lowest BCUT2D eigenvalue weighted by molar-refractivity contribution is 0.575. The van der Waals surface area contributed by atoms with Crippen molar-refractivity contribution in [1.29, 1.82) is 0 Å². The molecule has 0 unspecified atom stereocenters. The van der Waals surface area contributed by atoms with E-state index in [0.717, 1.165) is 35.6 Å². The van der Waals surface area contributed by atoms with Gasteiger partial charge in [-0.25, -0.2) is 0 Å². The highest BCUT2D eigenvalue weighted by atomic mass is 14.9. The molecule has 0 aliphatic heterocycles. The van der Waals surface area contributed by atoms with Gasteiger partial charge in [0.2, 0.25) is 0 Å². The number of fused-ring (bicyclic) bond motifs is 2. The Labute approximate surface area is 432 Å². The highest BCUT2D eigenvalue weighted by Crippen LogP contribution is 2.47. The van der Waals surface area contributed by atoms with E-state index in [1.54, 1.807) is 0 Å². The van der Waals surface area contributed by atoms with Crippen LogP contribution < -0.4 is 10.6 Å². The Morgan fingerprint density at radius 3 is 1.01 bits per heavy atom. The summed E-state index contributed by atoms with van der Waals surface area (Å²) in [5, 5.41) is 12.6. The molecule has 2 heteroatoms. The Kier molecular flexibility index (Phi) is 18.1. The van der Waals surface area contributed by atoms with Gasteiger partial charge in [-0.2, -0.15) is 0 Å². The molecule has 0 aromatic heterocycles. The van der Waals surface area contributed by atoms with Crippen molar-refractivity contribution in [3.05, 3.63) is 205 Å². The fraction of sp³-hybridized carbons (Fsp3) is 0.286. The van der Waals surface area contributed by atoms with Crippen LogP contribution in [0.15, 0.2) is 194 Å². The minimum Gasteiger partial charge on any atom is -0.355 e. The van der Waals surface area contributed by atoms with Crippen LogP contribution in [0.25, 0.3) is 66.1 Å². The van der Waals surface area contributed by atoms with Crippen LogP contribution in [0, 0.1) is 0 Å². The Hall–Kier alpha value is -6.90. The Bertz CT molecular complexity index is 2870. The van der Waals surface area contributed by atoms with Crippen LogP contribution in [0.2, 0.25) is 0 Å². The van der Waals surface area contributed by atoms with Gasteiger partial charge in [0.15, 0.2) is 0 Å². The van der Waals surface area contributed by atoms with Crippen molar-refractivity contribution in [3.8, 4) is 44.5 Å². The van der Waals surface area contributed by atoms with Crippen molar-refractivity contribution in [2.24, 2.45) is 0 Å². The fourth-order valence-corrected chi connectivity index (χ4v) is 10.8. The third kappa shape index (κ3) is 12.9. The molecule has 0 amide bonds. The van der Waals surface area contributed by atoms with Gasteiger partial charge >= 0.3 is 0 Å². The summed E-state index contributed by atoms with van der Waals surface area (Å²) in [6, 6.07) is 72.0. The predicted octanol–water partition coefficient (Wildman–Crippen LogP) is 21.5. The molecule has 0 radical (unpaired) electrons. The number of nitrogens with one attached hydrogen (secondary N) is 2. The van der Waals surface area contributed by atoms with Gasteiger partial charge in [-0.15, -0.1) is 0 Å². The second kappa shape index (κ2) is 26.0. The van der Waals surface area contributed by atoms with Crippen molar-refractivity contribution in [2.45, 2.75) is 129 Å². The van der Waals surface area contributed by atoms with Crippen molar-refractivity contribution in [1.82, 2.24) is 0 Å². The van der Waals surface area contributed by atoms with Gasteiger partial charge in [0, 0.05) is 33.9 Å². The second-order valence-electron chi connectivity index (χ2n) is 20.2. The van der Waals surface area contributed by atoms with E-state index in [1.165, 1.54) is 180 Å². The molecule has 0 saturated carbocycles. The van der Waals surface area contributed by atoms with Gasteiger partial charge in [-0.1, -0.05) is 249 Å². The first-order chi connectivity index (χ1) is 35.7. The van der Waals surface area contributed by atoms with E-state index in [1.807, 2.05) is 0 Å². The summed E-state index contributed by atoms with van der Waals surface area (Å²) in [5.41, 5.74) is 16.9. The molecule has 0 bridgehead atoms. The molecular weight excluding hydrogens is 869 g/mol. The summed E-state index contributed by atoms with van der Waals surface area (Å²) < 4.78 is 0. The molecule has 72 heavy (non-hydrogen) atoms. The summed E-state index contributed by atoms with van der Waals surface area (Å²) in [4.78, 5) is 0. The maximum absolute atomic E-state index is 3.82. The third-order valence-corrected chi connectivity index (χ3v) is 14.8. The molecule has 0 spiro atoms. The monoisotopic (exact) mass is 945 g/mol. The van der Waals surface area contributed by atoms with Crippen LogP contribution in [-0.2, 0) is 12.8 Å². The Morgan fingerprint density at radius 1 is 0.278 bits per heavy atom. The van der Waals surface area contributed by atoms with Gasteiger partial charge in [-0.05, 0) is 140 Å². The quantitative estimate of drug-likeness (QED) is 0.0418. The number of aryl methyl sites for hydroxylation is 2. The van der Waals surface area contributed by atoms with Crippen molar-refractivity contribution < 1.29 is 0 Å². The lowest BCUT2D eigenvalue weighted by atomic mass is 9.83. The zero-order valence-electron chi connectivity index (χ0n) is 43.2. The van der Waals surface area contributed by atoms with Crippen LogP contribution in [-0.4, -0.2) is 0 Å². The fourth-order valence-electron chi connectivity index (χ4n) is 10.8. The first kappa shape index (κ1) is 50.1. The van der Waals surface area contributed by atoms with E-state index >= 15 is 0 Å². The number of hydrogen-bond acceptors (Lipinski definition) is 2. The number of hydrogen-bond donors (Lipinski definition) is 2. The van der Waals surface area contributed by atoms with Crippen LogP contribution in [0.5, 0.6) is 0 Å². The molecule has 0 saturated heterocycles. The van der Waals surface area contributed by atoms with E-state index in [9.17, 15) is 0 Å². The predicted molar refractivity (Wildman–Crippen MR) is 315 cm³/mol. The van der Waals surface area contributed by atoms with Crippen LogP contribution in [0.1, 0.15) is 128 Å². The first-order valence-electron chi connectivity index (χ1n) is 27.7. The number of unbranched alkanes of at least 4 members (excludes halogenated alkanes) is 14. The minimum atomic E-state index is 1.10. The van der Waals surface area contributed by atoms with Crippen molar-refractivity contribution in [3.63, 3.8) is 0 Å². The number of anilines is 4. The molecule has 0 aliphatic rings. The standard InChI is InChI=1S/C70H76N2/c1-3-5-7-9-11-13-15-19-29-53-39-45-59(46-40-53)71-67-37-27-25-35-61(67)57-43-49-63-65(51-57)69(55-31-21-17-22-32-55)64-50-44-58(52-66(64)70(63)56-33-23-18-24-34-56)62-36-26-28-38-68(62)72-60-47-41-54(42-48-60)30-20-16-14-12-10-8-6-4-2/h17-18,21-28,31-52,71-72H,3-16,19-20,29-30H2,1-2H3. The zero-order valence-corrected chi connectivity index (χ0v) is 43.2. The van der Waals surface area contributed by atoms with E-state index in [2.05, 4.69) is 219 Å². The van der Waals surface area contributed by atoms with Gasteiger partial charge in [0.25, 0.3) is 0 Å². The average Bonchev–Trinajstić information content (AvgIpc) is 3.43. The van der Waals surface area contributed by atoms with Gasteiger partial charge < -0.3 is 10.6 Å². The summed E-state index contributed by atoms with van der Waals surface area (Å²) in [6.45, 7) is 4.58. The smallest absolute Gasteiger partial charge is 0.0463 e. The zero-order chi connectivity index (χ0) is 49.2. The molecule has 9 aromatic rings. The molecule has 2 N–H and O–H groups in total. The normalized spacial score (nSPS) is 11.4. The van der Waals surface area contributed by atoms with E-state index < -0.39 is 0 Å². The third-order valence-electron chi connectivity index (χ3n) is 14.8. The molecule has 0 aliphatic carbocycles. The lowest BCUT2D eigenvalue weighted by Gasteiger charge is -2.21. The largest absolute Gasteiger partial charge is 0.355 e. The summed E-state index contributed by atoms with van der Waals surface area (Å²) in [7, 11) is 0. The topological polar surface area (TPSA) is 24.1 Å². The molecule has 0 heterocycles.